The molecule has 130 valence electrons. The minimum atomic E-state index is -0.880. The zero-order chi connectivity index (χ0) is 18.7. The van der Waals surface area contributed by atoms with Crippen molar-refractivity contribution < 1.29 is 23.8 Å². The number of benzene rings is 1. The molecular weight excluding hydrogens is 330 g/mol. The van der Waals surface area contributed by atoms with Gasteiger partial charge in [0.1, 0.15) is 17.5 Å². The highest BCUT2D eigenvalue weighted by atomic mass is 16.6. The summed E-state index contributed by atoms with van der Waals surface area (Å²) < 4.78 is 4.76. The summed E-state index contributed by atoms with van der Waals surface area (Å²) in [5, 5.41) is 16.7. The summed E-state index contributed by atoms with van der Waals surface area (Å²) >= 11 is 0. The van der Waals surface area contributed by atoms with Crippen LogP contribution in [0.15, 0.2) is 28.8 Å². The van der Waals surface area contributed by atoms with E-state index in [-0.39, 0.29) is 28.7 Å². The average molecular weight is 345 g/mol. The van der Waals surface area contributed by atoms with Crippen LogP contribution in [-0.4, -0.2) is 27.6 Å². The number of nitrogens with zero attached hydrogens (tertiary/aromatic N) is 2. The Kier molecular flexibility index (Phi) is 5.06. The summed E-state index contributed by atoms with van der Waals surface area (Å²) in [6.45, 7) is 4.02. The third kappa shape index (κ3) is 3.77. The minimum Gasteiger partial charge on any atom is -0.330 e. The van der Waals surface area contributed by atoms with E-state index in [0.717, 1.165) is 0 Å². The van der Waals surface area contributed by atoms with Gasteiger partial charge in [-0.05, 0) is 38.5 Å². The molecule has 0 aliphatic heterocycles. The molecule has 2 rings (SSSR count). The molecule has 0 aliphatic rings. The van der Waals surface area contributed by atoms with E-state index >= 15 is 0 Å². The van der Waals surface area contributed by atoms with Crippen molar-refractivity contribution in [2.45, 2.75) is 26.7 Å². The fourth-order valence-electron chi connectivity index (χ4n) is 2.42. The summed E-state index contributed by atoms with van der Waals surface area (Å²) in [6, 6.07) is 5.81. The third-order valence-electron chi connectivity index (χ3n) is 3.56. The second-order valence-corrected chi connectivity index (χ2v) is 5.43. The number of aryl methyl sites for hydroxylation is 1. The Hall–Kier alpha value is -3.36. The number of ketones is 2. The first-order chi connectivity index (χ1) is 11.7. The molecule has 0 fully saturated rings. The van der Waals surface area contributed by atoms with Crippen LogP contribution in [-0.2, 0) is 9.59 Å². The quantitative estimate of drug-likeness (QED) is 0.483. The van der Waals surface area contributed by atoms with Gasteiger partial charge in [0.2, 0.25) is 0 Å². The molecule has 1 heterocycles. The van der Waals surface area contributed by atoms with Gasteiger partial charge < -0.3 is 4.52 Å². The summed E-state index contributed by atoms with van der Waals surface area (Å²) in [7, 11) is 0. The lowest BCUT2D eigenvalue weighted by Crippen LogP contribution is -2.17. The van der Waals surface area contributed by atoms with Crippen molar-refractivity contribution in [3.8, 4) is 0 Å². The first kappa shape index (κ1) is 18.0. The van der Waals surface area contributed by atoms with Gasteiger partial charge in [0.15, 0.2) is 5.69 Å². The molecule has 0 unspecified atom stereocenters. The third-order valence-corrected chi connectivity index (χ3v) is 3.56. The number of rotatable bonds is 6. The van der Waals surface area contributed by atoms with Gasteiger partial charge in [-0.25, -0.2) is 0 Å². The van der Waals surface area contributed by atoms with E-state index in [9.17, 15) is 24.5 Å². The molecule has 1 aromatic carbocycles. The maximum atomic E-state index is 12.2. The molecule has 9 nitrogen and oxygen atoms in total. The fourth-order valence-corrected chi connectivity index (χ4v) is 2.42. The molecule has 0 radical (unpaired) electrons. The van der Waals surface area contributed by atoms with Crippen molar-refractivity contribution in [3.63, 3.8) is 0 Å². The van der Waals surface area contributed by atoms with Crippen molar-refractivity contribution in [2.24, 2.45) is 0 Å². The van der Waals surface area contributed by atoms with Crippen LogP contribution in [0.3, 0.4) is 0 Å². The fraction of sp³-hybridized carbons (Fsp3) is 0.250. The van der Waals surface area contributed by atoms with Crippen molar-refractivity contribution in [3.05, 3.63) is 51.2 Å². The van der Waals surface area contributed by atoms with Gasteiger partial charge in [-0.15, -0.1) is 0 Å². The maximum absolute atomic E-state index is 12.2. The monoisotopic (exact) mass is 345 g/mol. The van der Waals surface area contributed by atoms with E-state index < -0.39 is 22.4 Å². The average Bonchev–Trinajstić information content (AvgIpc) is 2.88. The molecule has 0 spiro atoms. The number of nitro groups is 1. The summed E-state index contributed by atoms with van der Waals surface area (Å²) in [4.78, 5) is 45.6. The Morgan fingerprint density at radius 3 is 2.20 bits per heavy atom. The Morgan fingerprint density at radius 1 is 1.16 bits per heavy atom. The highest BCUT2D eigenvalue weighted by Crippen LogP contribution is 2.28. The second-order valence-electron chi connectivity index (χ2n) is 5.43. The molecular formula is C16H15N3O6. The number of nitrogens with one attached hydrogen (secondary N) is 1. The van der Waals surface area contributed by atoms with E-state index in [0.29, 0.717) is 5.56 Å². The number of Topliss-reactive ketones (excluding diaryl/α,β-unsaturated/α-hetero) is 2. The normalized spacial score (nSPS) is 10.6. The Labute approximate surface area is 142 Å². The van der Waals surface area contributed by atoms with Gasteiger partial charge in [-0.3, -0.25) is 29.8 Å². The van der Waals surface area contributed by atoms with Gasteiger partial charge in [-0.1, -0.05) is 17.3 Å². The molecule has 0 aliphatic carbocycles. The Morgan fingerprint density at radius 2 is 1.72 bits per heavy atom. The molecule has 25 heavy (non-hydrogen) atoms. The van der Waals surface area contributed by atoms with Gasteiger partial charge in [0.05, 0.1) is 4.92 Å². The lowest BCUT2D eigenvalue weighted by atomic mass is 9.91. The SMILES string of the molecule is CC(=O)C(C(C)=O)c1ccc(C(=O)Nc2onc(C)c2[N+](=O)[O-])cc1. The second kappa shape index (κ2) is 7.04. The smallest absolute Gasteiger partial charge is 0.330 e. The largest absolute Gasteiger partial charge is 0.356 e. The predicted octanol–water partition coefficient (Wildman–Crippen LogP) is 2.41. The van der Waals surface area contributed by atoms with E-state index in [4.69, 9.17) is 4.52 Å². The Bertz CT molecular complexity index is 839. The number of anilines is 1. The first-order valence-corrected chi connectivity index (χ1v) is 7.25. The van der Waals surface area contributed by atoms with Crippen LogP contribution in [0.5, 0.6) is 0 Å². The lowest BCUT2D eigenvalue weighted by Gasteiger charge is -2.11. The van der Waals surface area contributed by atoms with Crippen molar-refractivity contribution in [1.82, 2.24) is 5.16 Å². The molecule has 0 bridgehead atoms. The molecule has 0 saturated carbocycles. The number of hydrogen-bond donors (Lipinski definition) is 1. The van der Waals surface area contributed by atoms with Crippen molar-refractivity contribution >= 4 is 29.0 Å². The van der Waals surface area contributed by atoms with Crippen LogP contribution in [0.2, 0.25) is 0 Å². The van der Waals surface area contributed by atoms with Gasteiger partial charge in [0, 0.05) is 5.56 Å². The molecule has 9 heteroatoms. The van der Waals surface area contributed by atoms with Crippen LogP contribution in [0, 0.1) is 17.0 Å². The van der Waals surface area contributed by atoms with Crippen molar-refractivity contribution in [2.75, 3.05) is 5.32 Å². The number of aromatic nitrogens is 1. The van der Waals surface area contributed by atoms with E-state index in [1.807, 2.05) is 0 Å². The van der Waals surface area contributed by atoms with Gasteiger partial charge in [-0.2, -0.15) is 0 Å². The summed E-state index contributed by atoms with van der Waals surface area (Å²) in [5.41, 5.74) is 0.274. The van der Waals surface area contributed by atoms with Gasteiger partial charge >= 0.3 is 11.6 Å². The molecule has 2 aromatic rings. The van der Waals surface area contributed by atoms with Crippen molar-refractivity contribution in [1.29, 1.82) is 0 Å². The minimum absolute atomic E-state index is 0.0430. The zero-order valence-electron chi connectivity index (χ0n) is 13.7. The zero-order valence-corrected chi connectivity index (χ0v) is 13.7. The summed E-state index contributed by atoms with van der Waals surface area (Å²) in [6.07, 6.45) is 0. The van der Waals surface area contributed by atoms with E-state index in [1.54, 1.807) is 0 Å². The van der Waals surface area contributed by atoms with Crippen LogP contribution in [0.1, 0.15) is 41.4 Å². The number of amides is 1. The highest BCUT2D eigenvalue weighted by Gasteiger charge is 2.26. The van der Waals surface area contributed by atoms with Crippen LogP contribution < -0.4 is 5.32 Å². The Balaban J connectivity index is 2.23. The van der Waals surface area contributed by atoms with Crippen LogP contribution in [0.4, 0.5) is 11.6 Å². The molecule has 0 saturated heterocycles. The standard InChI is InChI=1S/C16H15N3O6/c1-8-14(19(23)24)16(25-18-8)17-15(22)12-6-4-11(5-7-12)13(9(2)20)10(3)21/h4-7,13H,1-3H3,(H,17,22). The number of carbonyl (C=O) groups is 3. The highest BCUT2D eigenvalue weighted by molar-refractivity contribution is 6.07. The topological polar surface area (TPSA) is 132 Å². The molecule has 0 atom stereocenters. The van der Waals surface area contributed by atoms with Crippen LogP contribution >= 0.6 is 0 Å². The number of hydrogen-bond acceptors (Lipinski definition) is 7. The van der Waals surface area contributed by atoms with E-state index in [1.165, 1.54) is 45.0 Å². The number of carbonyl (C=O) groups excluding carboxylic acids is 3. The summed E-state index contributed by atoms with van der Waals surface area (Å²) in [5.74, 6) is -2.47. The van der Waals surface area contributed by atoms with E-state index in [2.05, 4.69) is 10.5 Å². The molecule has 1 amide bonds. The lowest BCUT2D eigenvalue weighted by molar-refractivity contribution is -0.384. The maximum Gasteiger partial charge on any atom is 0.356 e. The van der Waals surface area contributed by atoms with Gasteiger partial charge in [0.25, 0.3) is 5.91 Å². The van der Waals surface area contributed by atoms with Crippen LogP contribution in [0.25, 0.3) is 0 Å². The first-order valence-electron chi connectivity index (χ1n) is 7.25. The molecule has 1 N–H and O–H groups in total. The molecule has 1 aromatic heterocycles. The predicted molar refractivity (Wildman–Crippen MR) is 86.4 cm³/mol.